The van der Waals surface area contributed by atoms with Crippen molar-refractivity contribution in [2.45, 2.75) is 26.3 Å². The molecule has 3 nitrogen and oxygen atoms in total. The molecule has 19 heavy (non-hydrogen) atoms. The van der Waals surface area contributed by atoms with Crippen LogP contribution in [-0.4, -0.2) is 9.78 Å². The van der Waals surface area contributed by atoms with E-state index in [1.165, 1.54) is 6.07 Å². The van der Waals surface area contributed by atoms with Crippen LogP contribution in [0.25, 0.3) is 0 Å². The average molecular weight is 282 g/mol. The van der Waals surface area contributed by atoms with Crippen LogP contribution in [-0.2, 0) is 13.5 Å². The molecule has 1 atom stereocenters. The maximum Gasteiger partial charge on any atom is 0.145 e. The zero-order valence-electron chi connectivity index (χ0n) is 11.2. The molecule has 2 rings (SSSR count). The van der Waals surface area contributed by atoms with Gasteiger partial charge in [0.2, 0.25) is 0 Å². The Morgan fingerprint density at radius 1 is 1.42 bits per heavy atom. The van der Waals surface area contributed by atoms with E-state index < -0.39 is 0 Å². The van der Waals surface area contributed by atoms with Gasteiger partial charge >= 0.3 is 0 Å². The molecule has 0 fully saturated rings. The Kier molecular flexibility index (Phi) is 3.92. The van der Waals surface area contributed by atoms with Crippen LogP contribution in [0.2, 0.25) is 5.02 Å². The third-order valence-electron chi connectivity index (χ3n) is 3.41. The lowest BCUT2D eigenvalue weighted by molar-refractivity contribution is 0.592. The maximum atomic E-state index is 13.9. The van der Waals surface area contributed by atoms with Crippen LogP contribution in [0.1, 0.15) is 28.6 Å². The summed E-state index contributed by atoms with van der Waals surface area (Å²) in [7, 11) is 1.87. The number of hydrogen-bond donors (Lipinski definition) is 1. The molecule has 0 radical (unpaired) electrons. The molecule has 1 aromatic heterocycles. The number of benzene rings is 1. The molecule has 1 unspecified atom stereocenters. The Balaban J connectivity index is 2.31. The van der Waals surface area contributed by atoms with E-state index in [9.17, 15) is 4.39 Å². The van der Waals surface area contributed by atoms with Gasteiger partial charge in [0, 0.05) is 24.3 Å². The van der Waals surface area contributed by atoms with Crippen molar-refractivity contribution in [3.63, 3.8) is 0 Å². The predicted molar refractivity (Wildman–Crippen MR) is 74.7 cm³/mol. The van der Waals surface area contributed by atoms with Crippen LogP contribution >= 0.6 is 11.6 Å². The quantitative estimate of drug-likeness (QED) is 0.940. The lowest BCUT2D eigenvalue weighted by Crippen LogP contribution is -2.16. The molecular formula is C14H17ClFN3. The monoisotopic (exact) mass is 281 g/mol. The number of nitrogens with zero attached hydrogens (tertiary/aromatic N) is 2. The van der Waals surface area contributed by atoms with Gasteiger partial charge in [0.25, 0.3) is 0 Å². The van der Waals surface area contributed by atoms with Crippen molar-refractivity contribution in [3.05, 3.63) is 51.6 Å². The van der Waals surface area contributed by atoms with Crippen molar-refractivity contribution in [1.82, 2.24) is 9.78 Å². The summed E-state index contributed by atoms with van der Waals surface area (Å²) >= 11 is 5.78. The Bertz CT molecular complexity index is 607. The highest BCUT2D eigenvalue weighted by Gasteiger charge is 2.19. The molecule has 0 spiro atoms. The predicted octanol–water partition coefficient (Wildman–Crippen LogP) is 3.07. The van der Waals surface area contributed by atoms with E-state index in [4.69, 9.17) is 17.3 Å². The normalized spacial score (nSPS) is 12.7. The average Bonchev–Trinajstić information content (AvgIpc) is 2.59. The highest BCUT2D eigenvalue weighted by molar-refractivity contribution is 6.30. The largest absolute Gasteiger partial charge is 0.324 e. The van der Waals surface area contributed by atoms with Crippen LogP contribution in [0.5, 0.6) is 0 Å². The van der Waals surface area contributed by atoms with Gasteiger partial charge in [-0.25, -0.2) is 4.39 Å². The van der Waals surface area contributed by atoms with Crippen LogP contribution in [0.4, 0.5) is 4.39 Å². The second-order valence-corrected chi connectivity index (χ2v) is 5.14. The molecule has 2 N–H and O–H groups in total. The first-order chi connectivity index (χ1) is 8.91. The van der Waals surface area contributed by atoms with Crippen molar-refractivity contribution >= 4 is 11.6 Å². The molecule has 0 bridgehead atoms. The minimum atomic E-state index is -0.390. The summed E-state index contributed by atoms with van der Waals surface area (Å²) in [6.45, 7) is 3.88. The van der Waals surface area contributed by atoms with Gasteiger partial charge < -0.3 is 5.73 Å². The van der Waals surface area contributed by atoms with Gasteiger partial charge in [-0.15, -0.1) is 0 Å². The van der Waals surface area contributed by atoms with Crippen LogP contribution < -0.4 is 5.73 Å². The second kappa shape index (κ2) is 5.31. The summed E-state index contributed by atoms with van der Waals surface area (Å²) in [5.74, 6) is -0.390. The fourth-order valence-electron chi connectivity index (χ4n) is 2.37. The molecule has 1 heterocycles. The van der Waals surface area contributed by atoms with Crippen LogP contribution in [0.15, 0.2) is 18.2 Å². The van der Waals surface area contributed by atoms with E-state index in [-0.39, 0.29) is 16.9 Å². The molecule has 5 heteroatoms. The van der Waals surface area contributed by atoms with E-state index in [1.54, 1.807) is 16.8 Å². The van der Waals surface area contributed by atoms with Gasteiger partial charge in [-0.05, 0) is 31.9 Å². The van der Waals surface area contributed by atoms with Gasteiger partial charge in [-0.1, -0.05) is 23.7 Å². The minimum absolute atomic E-state index is 0.129. The summed E-state index contributed by atoms with van der Waals surface area (Å²) in [6.07, 6.45) is 0.403. The summed E-state index contributed by atoms with van der Waals surface area (Å²) in [6, 6.07) is 4.69. The SMILES string of the molecule is Cc1nn(C)c(C)c1C(N)Cc1cccc(Cl)c1F. The topological polar surface area (TPSA) is 43.8 Å². The zero-order chi connectivity index (χ0) is 14.2. The van der Waals surface area contributed by atoms with E-state index in [0.717, 1.165) is 17.0 Å². The fourth-order valence-corrected chi connectivity index (χ4v) is 2.57. The lowest BCUT2D eigenvalue weighted by atomic mass is 9.98. The van der Waals surface area contributed by atoms with Crippen molar-refractivity contribution < 1.29 is 4.39 Å². The van der Waals surface area contributed by atoms with E-state index in [2.05, 4.69) is 5.10 Å². The van der Waals surface area contributed by atoms with E-state index >= 15 is 0 Å². The first-order valence-corrected chi connectivity index (χ1v) is 6.48. The Labute approximate surface area is 117 Å². The van der Waals surface area contributed by atoms with Gasteiger partial charge in [0.05, 0.1) is 10.7 Å². The number of aryl methyl sites for hydroxylation is 2. The highest BCUT2D eigenvalue weighted by Crippen LogP contribution is 2.25. The van der Waals surface area contributed by atoms with Crippen molar-refractivity contribution in [2.75, 3.05) is 0 Å². The van der Waals surface area contributed by atoms with Crippen LogP contribution in [0.3, 0.4) is 0 Å². The summed E-state index contributed by atoms with van der Waals surface area (Å²) in [5.41, 5.74) is 9.59. The smallest absolute Gasteiger partial charge is 0.145 e. The summed E-state index contributed by atoms with van der Waals surface area (Å²) in [4.78, 5) is 0. The second-order valence-electron chi connectivity index (χ2n) is 4.73. The molecule has 0 aliphatic carbocycles. The zero-order valence-corrected chi connectivity index (χ0v) is 12.0. The van der Waals surface area contributed by atoms with Gasteiger partial charge in [-0.3, -0.25) is 4.68 Å². The molecule has 102 valence electrons. The summed E-state index contributed by atoms with van der Waals surface area (Å²) < 4.78 is 15.7. The number of halogens is 2. The van der Waals surface area contributed by atoms with Gasteiger partial charge in [0.15, 0.2) is 0 Å². The fraction of sp³-hybridized carbons (Fsp3) is 0.357. The van der Waals surface area contributed by atoms with E-state index in [1.807, 2.05) is 20.9 Å². The van der Waals surface area contributed by atoms with Crippen LogP contribution in [0, 0.1) is 19.7 Å². The standard InChI is InChI=1S/C14H17ClFN3/c1-8-13(9(2)19(3)18-8)12(17)7-10-5-4-6-11(15)14(10)16/h4-6,12H,7,17H2,1-3H3. The highest BCUT2D eigenvalue weighted by atomic mass is 35.5. The number of nitrogens with two attached hydrogens (primary N) is 1. The first kappa shape index (κ1) is 14.0. The van der Waals surface area contributed by atoms with Crippen molar-refractivity contribution in [2.24, 2.45) is 12.8 Å². The Hall–Kier alpha value is -1.39. The summed E-state index contributed by atoms with van der Waals surface area (Å²) in [5, 5.41) is 4.46. The third-order valence-corrected chi connectivity index (χ3v) is 3.70. The number of rotatable bonds is 3. The number of aromatic nitrogens is 2. The molecule has 0 amide bonds. The maximum absolute atomic E-state index is 13.9. The Morgan fingerprint density at radius 2 is 2.11 bits per heavy atom. The molecule has 2 aromatic rings. The molecule has 0 aliphatic rings. The first-order valence-electron chi connectivity index (χ1n) is 6.10. The minimum Gasteiger partial charge on any atom is -0.324 e. The molecule has 1 aromatic carbocycles. The lowest BCUT2D eigenvalue weighted by Gasteiger charge is -2.13. The molecule has 0 saturated carbocycles. The van der Waals surface area contributed by atoms with E-state index in [0.29, 0.717) is 12.0 Å². The number of hydrogen-bond acceptors (Lipinski definition) is 2. The van der Waals surface area contributed by atoms with Gasteiger partial charge in [0.1, 0.15) is 5.82 Å². The molecular weight excluding hydrogens is 265 g/mol. The van der Waals surface area contributed by atoms with Gasteiger partial charge in [-0.2, -0.15) is 5.10 Å². The van der Waals surface area contributed by atoms with Crippen molar-refractivity contribution in [3.8, 4) is 0 Å². The Morgan fingerprint density at radius 3 is 2.68 bits per heavy atom. The third kappa shape index (κ3) is 2.65. The molecule has 0 saturated heterocycles. The van der Waals surface area contributed by atoms with Crippen molar-refractivity contribution in [1.29, 1.82) is 0 Å². The molecule has 0 aliphatic heterocycles.